The molecule has 0 aliphatic carbocycles. The second-order valence-electron chi connectivity index (χ2n) is 5.62. The minimum absolute atomic E-state index is 0.162. The molecule has 5 heteroatoms. The molecule has 0 saturated carbocycles. The third-order valence-electron chi connectivity index (χ3n) is 3.93. The lowest BCUT2D eigenvalue weighted by molar-refractivity contribution is 0.511. The smallest absolute Gasteiger partial charge is 0.166 e. The summed E-state index contributed by atoms with van der Waals surface area (Å²) in [4.78, 5) is 8.83. The van der Waals surface area contributed by atoms with Crippen molar-refractivity contribution < 1.29 is 8.78 Å². The minimum Gasteiger partial charge on any atom is -0.383 e. The van der Waals surface area contributed by atoms with Crippen LogP contribution in [0, 0.1) is 11.6 Å². The van der Waals surface area contributed by atoms with E-state index in [-0.39, 0.29) is 11.4 Å². The molecule has 2 aromatic carbocycles. The Morgan fingerprint density at radius 3 is 2.69 bits per heavy atom. The molecule has 1 aromatic heterocycles. The van der Waals surface area contributed by atoms with Crippen LogP contribution in [0.25, 0.3) is 27.6 Å². The molecule has 0 atom stereocenters. The fraction of sp³-hybridized carbons (Fsp3) is 0.0476. The van der Waals surface area contributed by atoms with Crippen molar-refractivity contribution in [2.75, 3.05) is 5.73 Å². The number of hydrogen-bond acceptors (Lipinski definition) is 3. The van der Waals surface area contributed by atoms with Gasteiger partial charge in [0.15, 0.2) is 17.5 Å². The van der Waals surface area contributed by atoms with E-state index < -0.39 is 11.6 Å². The summed E-state index contributed by atoms with van der Waals surface area (Å²) in [5.41, 5.74) is 8.11. The van der Waals surface area contributed by atoms with Gasteiger partial charge in [-0.15, -0.1) is 0 Å². The van der Waals surface area contributed by atoms with Crippen LogP contribution in [-0.4, -0.2) is 9.97 Å². The van der Waals surface area contributed by atoms with Crippen molar-refractivity contribution in [1.82, 2.24) is 9.97 Å². The summed E-state index contributed by atoms with van der Waals surface area (Å²) in [7, 11) is 0. The molecule has 0 fully saturated rings. The van der Waals surface area contributed by atoms with Crippen LogP contribution in [0.3, 0.4) is 0 Å². The Morgan fingerprint density at radius 2 is 1.96 bits per heavy atom. The summed E-state index contributed by atoms with van der Waals surface area (Å²) in [5, 5.41) is 0.573. The average Bonchev–Trinajstić information content (AvgIpc) is 2.64. The summed E-state index contributed by atoms with van der Waals surface area (Å²) in [6.07, 6.45) is 7.23. The Hall–Kier alpha value is -3.34. The topological polar surface area (TPSA) is 51.8 Å². The first-order valence-corrected chi connectivity index (χ1v) is 8.02. The molecule has 0 unspecified atom stereocenters. The predicted molar refractivity (Wildman–Crippen MR) is 102 cm³/mol. The molecule has 0 saturated heterocycles. The van der Waals surface area contributed by atoms with E-state index in [1.807, 2.05) is 25.2 Å². The summed E-state index contributed by atoms with van der Waals surface area (Å²) < 4.78 is 27.6. The third-order valence-corrected chi connectivity index (χ3v) is 3.93. The number of benzene rings is 2. The van der Waals surface area contributed by atoms with Crippen molar-refractivity contribution in [2.45, 2.75) is 6.92 Å². The van der Waals surface area contributed by atoms with Crippen LogP contribution >= 0.6 is 0 Å². The lowest BCUT2D eigenvalue weighted by atomic mass is 10.0. The average molecular weight is 349 g/mol. The van der Waals surface area contributed by atoms with Gasteiger partial charge in [0.2, 0.25) is 0 Å². The maximum atomic E-state index is 14.1. The number of fused-ring (bicyclic) bond motifs is 1. The molecule has 0 aliphatic heterocycles. The monoisotopic (exact) mass is 349 g/mol. The van der Waals surface area contributed by atoms with Crippen molar-refractivity contribution in [3.63, 3.8) is 0 Å². The molecule has 0 bridgehead atoms. The Morgan fingerprint density at radius 1 is 1.15 bits per heavy atom. The molecular weight excluding hydrogens is 332 g/mol. The number of nitrogens with two attached hydrogens (primary N) is 1. The van der Waals surface area contributed by atoms with Crippen molar-refractivity contribution >= 4 is 22.3 Å². The van der Waals surface area contributed by atoms with Crippen molar-refractivity contribution in [3.05, 3.63) is 84.7 Å². The molecule has 130 valence electrons. The normalized spacial score (nSPS) is 12.0. The number of anilines is 1. The Labute approximate surface area is 150 Å². The zero-order valence-corrected chi connectivity index (χ0v) is 14.2. The van der Waals surface area contributed by atoms with Crippen LogP contribution in [0.15, 0.2) is 67.3 Å². The minimum atomic E-state index is -0.897. The summed E-state index contributed by atoms with van der Waals surface area (Å²) in [6, 6.07) is 9.11. The van der Waals surface area contributed by atoms with Gasteiger partial charge < -0.3 is 5.73 Å². The fourth-order valence-electron chi connectivity index (χ4n) is 2.61. The van der Waals surface area contributed by atoms with Crippen LogP contribution in [0.2, 0.25) is 0 Å². The van der Waals surface area contributed by atoms with E-state index >= 15 is 0 Å². The maximum Gasteiger partial charge on any atom is 0.166 e. The molecule has 0 amide bonds. The number of halogens is 2. The van der Waals surface area contributed by atoms with E-state index in [1.54, 1.807) is 24.3 Å². The largest absolute Gasteiger partial charge is 0.383 e. The number of allylic oxidation sites excluding steroid dienone is 5. The number of hydrogen-bond donors (Lipinski definition) is 1. The third kappa shape index (κ3) is 3.24. The Bertz CT molecular complexity index is 1050. The summed E-state index contributed by atoms with van der Waals surface area (Å²) in [6.45, 7) is 5.67. The van der Waals surface area contributed by atoms with Gasteiger partial charge in [-0.25, -0.2) is 18.7 Å². The van der Waals surface area contributed by atoms with Crippen LogP contribution in [0.5, 0.6) is 0 Å². The van der Waals surface area contributed by atoms with Gasteiger partial charge in [0.1, 0.15) is 5.82 Å². The lowest BCUT2D eigenvalue weighted by Gasteiger charge is -2.09. The van der Waals surface area contributed by atoms with Crippen molar-refractivity contribution in [3.8, 4) is 11.1 Å². The van der Waals surface area contributed by atoms with Crippen LogP contribution < -0.4 is 5.73 Å². The van der Waals surface area contributed by atoms with Crippen molar-refractivity contribution in [2.24, 2.45) is 0 Å². The highest BCUT2D eigenvalue weighted by Crippen LogP contribution is 2.29. The fourth-order valence-corrected chi connectivity index (χ4v) is 2.61. The first kappa shape index (κ1) is 17.5. The van der Waals surface area contributed by atoms with Gasteiger partial charge in [-0.05, 0) is 30.7 Å². The van der Waals surface area contributed by atoms with E-state index in [1.165, 1.54) is 12.1 Å². The van der Waals surface area contributed by atoms with Gasteiger partial charge >= 0.3 is 0 Å². The lowest BCUT2D eigenvalue weighted by Crippen LogP contribution is -2.00. The predicted octanol–water partition coefficient (Wildman–Crippen LogP) is 5.30. The quantitative estimate of drug-likeness (QED) is 0.650. The molecular formula is C21H17F2N3. The van der Waals surface area contributed by atoms with E-state index in [4.69, 9.17) is 5.73 Å². The molecule has 26 heavy (non-hydrogen) atoms. The van der Waals surface area contributed by atoms with E-state index in [0.717, 1.165) is 11.6 Å². The highest BCUT2D eigenvalue weighted by atomic mass is 19.2. The summed E-state index contributed by atoms with van der Waals surface area (Å²) in [5.74, 6) is -1.08. The van der Waals surface area contributed by atoms with E-state index in [2.05, 4.69) is 16.5 Å². The van der Waals surface area contributed by atoms with Crippen LogP contribution in [0.1, 0.15) is 12.7 Å². The molecule has 3 nitrogen and oxygen atoms in total. The number of aromatic nitrogens is 2. The molecule has 2 N–H and O–H groups in total. The highest BCUT2D eigenvalue weighted by molar-refractivity contribution is 5.93. The summed E-state index contributed by atoms with van der Waals surface area (Å²) >= 11 is 0. The van der Waals surface area contributed by atoms with E-state index in [0.29, 0.717) is 22.3 Å². The zero-order valence-electron chi connectivity index (χ0n) is 14.2. The SMILES string of the molecule is C=C/C(=C\C=C/C)c1nc(N)c2cc(-c3cccc(F)c3F)ccc2n1. The number of nitrogen functional groups attached to an aromatic ring is 1. The molecule has 3 aromatic rings. The van der Waals surface area contributed by atoms with Gasteiger partial charge in [0.25, 0.3) is 0 Å². The first-order valence-electron chi connectivity index (χ1n) is 8.02. The van der Waals surface area contributed by atoms with Crippen molar-refractivity contribution in [1.29, 1.82) is 0 Å². The standard InChI is InChI=1S/C21H17F2N3/c1-3-5-7-13(4-2)21-25-18-11-10-14(12-16(18)20(24)26-21)15-8-6-9-17(22)19(15)23/h3-12H,2H2,1H3,(H2,24,25,26)/b5-3-,13-7+. The number of rotatable bonds is 4. The Balaban J connectivity index is 2.15. The molecule has 0 aliphatic rings. The second-order valence-corrected chi connectivity index (χ2v) is 5.62. The van der Waals surface area contributed by atoms with Crippen LogP contribution in [0.4, 0.5) is 14.6 Å². The van der Waals surface area contributed by atoms with Gasteiger partial charge in [0.05, 0.1) is 5.52 Å². The molecule has 3 rings (SSSR count). The molecule has 0 spiro atoms. The molecule has 1 heterocycles. The maximum absolute atomic E-state index is 14.1. The Kier molecular flexibility index (Phi) is 4.89. The van der Waals surface area contributed by atoms with Gasteiger partial charge in [0, 0.05) is 16.5 Å². The van der Waals surface area contributed by atoms with Gasteiger partial charge in [-0.3, -0.25) is 0 Å². The second kappa shape index (κ2) is 7.27. The van der Waals surface area contributed by atoms with Gasteiger partial charge in [-0.2, -0.15) is 0 Å². The highest BCUT2D eigenvalue weighted by Gasteiger charge is 2.13. The van der Waals surface area contributed by atoms with E-state index in [9.17, 15) is 8.78 Å². The first-order chi connectivity index (χ1) is 12.5. The zero-order chi connectivity index (χ0) is 18.7. The number of nitrogens with zero attached hydrogens (tertiary/aromatic N) is 2. The van der Waals surface area contributed by atoms with Crippen LogP contribution in [-0.2, 0) is 0 Å². The van der Waals surface area contributed by atoms with Gasteiger partial charge in [-0.1, -0.05) is 49.1 Å². The molecule has 0 radical (unpaired) electrons.